The number of aromatic nitrogens is 1. The number of carbonyl (C=O) groups excluding carboxylic acids is 2. The highest BCUT2D eigenvalue weighted by molar-refractivity contribution is 5.85. The van der Waals surface area contributed by atoms with Gasteiger partial charge in [-0.05, 0) is 39.8 Å². The lowest BCUT2D eigenvalue weighted by Gasteiger charge is -2.25. The van der Waals surface area contributed by atoms with Gasteiger partial charge in [-0.3, -0.25) is 9.59 Å². The van der Waals surface area contributed by atoms with Gasteiger partial charge in [-0.2, -0.15) is 0 Å². The average molecular weight is 375 g/mol. The van der Waals surface area contributed by atoms with Gasteiger partial charge in [0.1, 0.15) is 5.82 Å². The number of nitrogens with zero attached hydrogens (tertiary/aromatic N) is 2. The van der Waals surface area contributed by atoms with E-state index < -0.39 is 5.82 Å². The van der Waals surface area contributed by atoms with Gasteiger partial charge in [-0.1, -0.05) is 12.1 Å². The van der Waals surface area contributed by atoms with Crippen LogP contribution < -0.4 is 5.32 Å². The summed E-state index contributed by atoms with van der Waals surface area (Å²) in [6.45, 7) is 7.93. The number of amides is 2. The zero-order valence-electron chi connectivity index (χ0n) is 16.2. The number of rotatable bonds is 7. The summed E-state index contributed by atoms with van der Waals surface area (Å²) in [5.41, 5.74) is -0.0163. The minimum Gasteiger partial charge on any atom is -0.441 e. The van der Waals surface area contributed by atoms with Gasteiger partial charge in [0.05, 0.1) is 18.3 Å². The Morgan fingerprint density at radius 2 is 1.96 bits per heavy atom. The van der Waals surface area contributed by atoms with Crippen LogP contribution in [0.4, 0.5) is 4.39 Å². The van der Waals surface area contributed by atoms with Gasteiger partial charge < -0.3 is 14.6 Å². The lowest BCUT2D eigenvalue weighted by molar-refractivity contribution is -0.136. The van der Waals surface area contributed by atoms with E-state index in [-0.39, 0.29) is 36.7 Å². The summed E-state index contributed by atoms with van der Waals surface area (Å²) in [6, 6.07) is 6.27. The maximum atomic E-state index is 13.8. The number of benzene rings is 1. The number of halogens is 1. The quantitative estimate of drug-likeness (QED) is 0.806. The number of aryl methyl sites for hydroxylation is 1. The van der Waals surface area contributed by atoms with E-state index in [4.69, 9.17) is 4.42 Å². The van der Waals surface area contributed by atoms with Gasteiger partial charge in [-0.25, -0.2) is 9.37 Å². The first-order valence-corrected chi connectivity index (χ1v) is 8.98. The van der Waals surface area contributed by atoms with Gasteiger partial charge in [0, 0.05) is 24.9 Å². The Morgan fingerprint density at radius 3 is 2.59 bits per heavy atom. The maximum absolute atomic E-state index is 13.8. The largest absolute Gasteiger partial charge is 0.441 e. The standard InChI is InChI=1S/C20H26FN3O3/c1-5-24(13-17(25)23-20(2,3)4)19(26)11-10-18-22-12-16(27-18)14-8-6-7-9-15(14)21/h6-9,12H,5,10-11,13H2,1-4H3,(H,23,25). The van der Waals surface area contributed by atoms with Crippen molar-refractivity contribution < 1.29 is 18.4 Å². The molecule has 1 aromatic carbocycles. The second-order valence-corrected chi connectivity index (χ2v) is 7.30. The van der Waals surface area contributed by atoms with Crippen LogP contribution in [0.25, 0.3) is 11.3 Å². The lowest BCUT2D eigenvalue weighted by Crippen LogP contribution is -2.47. The van der Waals surface area contributed by atoms with E-state index in [9.17, 15) is 14.0 Å². The molecular weight excluding hydrogens is 349 g/mol. The number of likely N-dealkylation sites (N-methyl/N-ethyl adjacent to an activating group) is 1. The summed E-state index contributed by atoms with van der Waals surface area (Å²) in [4.78, 5) is 30.0. The van der Waals surface area contributed by atoms with Crippen molar-refractivity contribution in [2.24, 2.45) is 0 Å². The van der Waals surface area contributed by atoms with E-state index >= 15 is 0 Å². The first-order chi connectivity index (χ1) is 12.7. The Labute approximate surface area is 158 Å². The minimum atomic E-state index is -0.390. The number of hydrogen-bond donors (Lipinski definition) is 1. The molecule has 7 heteroatoms. The molecule has 1 aromatic heterocycles. The summed E-state index contributed by atoms with van der Waals surface area (Å²) < 4.78 is 19.4. The smallest absolute Gasteiger partial charge is 0.240 e. The van der Waals surface area contributed by atoms with Crippen LogP contribution in [-0.2, 0) is 16.0 Å². The third-order valence-corrected chi connectivity index (χ3v) is 3.83. The Bertz CT molecular complexity index is 796. The summed E-state index contributed by atoms with van der Waals surface area (Å²) in [7, 11) is 0. The molecule has 27 heavy (non-hydrogen) atoms. The molecule has 0 saturated heterocycles. The number of oxazole rings is 1. The average Bonchev–Trinajstić information content (AvgIpc) is 3.05. The summed E-state index contributed by atoms with van der Waals surface area (Å²) >= 11 is 0. The van der Waals surface area contributed by atoms with E-state index in [1.54, 1.807) is 18.2 Å². The van der Waals surface area contributed by atoms with Crippen LogP contribution in [0.5, 0.6) is 0 Å². The van der Waals surface area contributed by atoms with E-state index in [1.165, 1.54) is 17.2 Å². The lowest BCUT2D eigenvalue weighted by atomic mass is 10.1. The minimum absolute atomic E-state index is 0.0126. The molecule has 0 aliphatic rings. The molecule has 0 radical (unpaired) electrons. The molecule has 0 saturated carbocycles. The second kappa shape index (κ2) is 8.79. The monoisotopic (exact) mass is 375 g/mol. The van der Waals surface area contributed by atoms with Gasteiger partial charge in [0.25, 0.3) is 0 Å². The van der Waals surface area contributed by atoms with Crippen molar-refractivity contribution in [1.29, 1.82) is 0 Å². The normalized spacial score (nSPS) is 11.3. The van der Waals surface area contributed by atoms with Crippen LogP contribution >= 0.6 is 0 Å². The Balaban J connectivity index is 1.92. The van der Waals surface area contributed by atoms with Crippen molar-refractivity contribution in [1.82, 2.24) is 15.2 Å². The van der Waals surface area contributed by atoms with Crippen molar-refractivity contribution in [2.45, 2.75) is 46.1 Å². The van der Waals surface area contributed by atoms with Crippen LogP contribution in [0.1, 0.15) is 40.0 Å². The highest BCUT2D eigenvalue weighted by Gasteiger charge is 2.20. The Kier molecular flexibility index (Phi) is 6.71. The molecule has 0 unspecified atom stereocenters. The van der Waals surface area contributed by atoms with Crippen molar-refractivity contribution in [3.63, 3.8) is 0 Å². The SMILES string of the molecule is CCN(CC(=O)NC(C)(C)C)C(=O)CCc1ncc(-c2ccccc2F)o1. The zero-order valence-corrected chi connectivity index (χ0v) is 16.2. The molecule has 146 valence electrons. The van der Waals surface area contributed by atoms with Crippen molar-refractivity contribution >= 4 is 11.8 Å². The van der Waals surface area contributed by atoms with Crippen LogP contribution in [0, 0.1) is 5.82 Å². The maximum Gasteiger partial charge on any atom is 0.240 e. The summed E-state index contributed by atoms with van der Waals surface area (Å²) in [6.07, 6.45) is 1.89. The van der Waals surface area contributed by atoms with Crippen molar-refractivity contribution in [3.05, 3.63) is 42.2 Å². The van der Waals surface area contributed by atoms with Crippen LogP contribution in [0.15, 0.2) is 34.9 Å². The predicted molar refractivity (Wildman–Crippen MR) is 100 cm³/mol. The van der Waals surface area contributed by atoms with Crippen LogP contribution in [0.2, 0.25) is 0 Å². The Morgan fingerprint density at radius 1 is 1.26 bits per heavy atom. The number of carbonyl (C=O) groups is 2. The van der Waals surface area contributed by atoms with Gasteiger partial charge in [0.2, 0.25) is 11.8 Å². The summed E-state index contributed by atoms with van der Waals surface area (Å²) in [5.74, 6) is -0.0644. The molecule has 1 heterocycles. The Hall–Kier alpha value is -2.70. The van der Waals surface area contributed by atoms with Gasteiger partial charge in [-0.15, -0.1) is 0 Å². The summed E-state index contributed by atoms with van der Waals surface area (Å²) in [5, 5.41) is 2.84. The highest BCUT2D eigenvalue weighted by Crippen LogP contribution is 2.23. The van der Waals surface area contributed by atoms with Gasteiger partial charge >= 0.3 is 0 Å². The van der Waals surface area contributed by atoms with E-state index in [0.717, 1.165) is 0 Å². The molecule has 0 atom stereocenters. The third-order valence-electron chi connectivity index (χ3n) is 3.83. The molecule has 0 aliphatic heterocycles. The molecule has 0 fully saturated rings. The predicted octanol–water partition coefficient (Wildman–Crippen LogP) is 3.18. The van der Waals surface area contributed by atoms with E-state index in [1.807, 2.05) is 27.7 Å². The molecule has 0 aliphatic carbocycles. The first kappa shape index (κ1) is 20.6. The topological polar surface area (TPSA) is 75.4 Å². The van der Waals surface area contributed by atoms with E-state index in [2.05, 4.69) is 10.3 Å². The first-order valence-electron chi connectivity index (χ1n) is 8.98. The van der Waals surface area contributed by atoms with Crippen molar-refractivity contribution in [3.8, 4) is 11.3 Å². The molecule has 0 bridgehead atoms. The molecule has 2 rings (SSSR count). The molecule has 1 N–H and O–H groups in total. The number of hydrogen-bond acceptors (Lipinski definition) is 4. The van der Waals surface area contributed by atoms with Gasteiger partial charge in [0.15, 0.2) is 11.7 Å². The fourth-order valence-electron chi connectivity index (χ4n) is 2.59. The van der Waals surface area contributed by atoms with E-state index in [0.29, 0.717) is 23.8 Å². The van der Waals surface area contributed by atoms with Crippen LogP contribution in [0.3, 0.4) is 0 Å². The third kappa shape index (κ3) is 6.20. The number of nitrogens with one attached hydrogen (secondary N) is 1. The second-order valence-electron chi connectivity index (χ2n) is 7.30. The molecule has 2 aromatic rings. The highest BCUT2D eigenvalue weighted by atomic mass is 19.1. The zero-order chi connectivity index (χ0) is 20.0. The van der Waals surface area contributed by atoms with Crippen molar-refractivity contribution in [2.75, 3.05) is 13.1 Å². The molecule has 2 amide bonds. The fourth-order valence-corrected chi connectivity index (χ4v) is 2.59. The molecule has 0 spiro atoms. The molecular formula is C20H26FN3O3. The molecule has 6 nitrogen and oxygen atoms in total. The fraction of sp³-hybridized carbons (Fsp3) is 0.450. The van der Waals surface area contributed by atoms with Crippen LogP contribution in [-0.4, -0.2) is 40.3 Å².